The van der Waals surface area contributed by atoms with Crippen LogP contribution in [0.4, 0.5) is 16.6 Å². The first-order valence-corrected chi connectivity index (χ1v) is 12.7. The normalized spacial score (nSPS) is 12.2. The van der Waals surface area contributed by atoms with Gasteiger partial charge in [0.15, 0.2) is 17.2 Å². The molecule has 2 aromatic heterocycles. The Kier molecular flexibility index (Phi) is 7.31. The van der Waals surface area contributed by atoms with E-state index >= 15 is 0 Å². The van der Waals surface area contributed by atoms with Crippen LogP contribution in [-0.4, -0.2) is 39.6 Å². The maximum atomic E-state index is 12.4. The van der Waals surface area contributed by atoms with Crippen LogP contribution in [0.5, 0.6) is 5.75 Å². The van der Waals surface area contributed by atoms with Crippen molar-refractivity contribution in [2.24, 2.45) is 10.2 Å². The molecule has 0 radical (unpaired) electrons. The van der Waals surface area contributed by atoms with Crippen molar-refractivity contribution in [3.05, 3.63) is 52.7 Å². The van der Waals surface area contributed by atoms with E-state index in [0.717, 1.165) is 11.3 Å². The van der Waals surface area contributed by atoms with Crippen molar-refractivity contribution in [2.45, 2.75) is 18.4 Å². The number of aryl methyl sites for hydroxylation is 1. The van der Waals surface area contributed by atoms with Gasteiger partial charge in [-0.05, 0) is 31.2 Å². The van der Waals surface area contributed by atoms with Gasteiger partial charge in [0.05, 0.1) is 28.4 Å². The second-order valence-corrected chi connectivity index (χ2v) is 10.1. The summed E-state index contributed by atoms with van der Waals surface area (Å²) in [7, 11) is -8.75. The first kappa shape index (κ1) is 24.6. The number of pyridine rings is 1. The van der Waals surface area contributed by atoms with E-state index in [2.05, 4.69) is 29.4 Å². The number of anilines is 1. The van der Waals surface area contributed by atoms with E-state index in [4.69, 9.17) is 9.79 Å². The number of hydrogen-bond acceptors (Lipinski definition) is 11. The molecule has 0 spiro atoms. The van der Waals surface area contributed by atoms with Crippen LogP contribution in [0.3, 0.4) is 0 Å². The third-order valence-electron chi connectivity index (χ3n) is 4.02. The number of rotatable bonds is 9. The number of benzene rings is 1. The van der Waals surface area contributed by atoms with E-state index in [-0.39, 0.29) is 44.6 Å². The third-order valence-corrected chi connectivity index (χ3v) is 6.66. The summed E-state index contributed by atoms with van der Waals surface area (Å²) in [6, 6.07) is 5.29. The molecule has 4 N–H and O–H groups in total. The Morgan fingerprint density at radius 2 is 1.94 bits per heavy atom. The van der Waals surface area contributed by atoms with Crippen LogP contribution in [0, 0.1) is 6.92 Å². The molecule has 16 heteroatoms. The Morgan fingerprint density at radius 1 is 1.24 bits per heavy atom. The average Bonchev–Trinajstić information content (AvgIpc) is 3.25. The zero-order chi connectivity index (χ0) is 24.2. The Bertz CT molecular complexity index is 1340. The fourth-order valence-corrected chi connectivity index (χ4v) is 4.57. The lowest BCUT2D eigenvalue weighted by Gasteiger charge is -2.12. The summed E-state index contributed by atoms with van der Waals surface area (Å²) in [6.45, 7) is 0.622. The number of azo groups is 1. The van der Waals surface area contributed by atoms with Gasteiger partial charge >= 0.3 is 7.82 Å². The predicted molar refractivity (Wildman–Crippen MR) is 116 cm³/mol. The average molecular weight is 513 g/mol. The molecule has 3 aromatic rings. The molecule has 0 saturated heterocycles. The second kappa shape index (κ2) is 9.82. The minimum absolute atomic E-state index is 0.0284. The number of carbonyl (C=O) groups is 1. The Labute approximate surface area is 191 Å². The number of phosphoric ester groups is 1. The van der Waals surface area contributed by atoms with E-state index in [9.17, 15) is 22.9 Å². The third kappa shape index (κ3) is 6.25. The van der Waals surface area contributed by atoms with E-state index in [1.54, 1.807) is 5.38 Å². The van der Waals surface area contributed by atoms with E-state index in [1.165, 1.54) is 37.4 Å². The summed E-state index contributed by atoms with van der Waals surface area (Å²) in [5.41, 5.74) is -0.252. The predicted octanol–water partition coefficient (Wildman–Crippen LogP) is 3.19. The van der Waals surface area contributed by atoms with Crippen molar-refractivity contribution in [3.63, 3.8) is 0 Å². The molecule has 0 aliphatic heterocycles. The van der Waals surface area contributed by atoms with Crippen molar-refractivity contribution >= 4 is 52.1 Å². The molecular formula is C17H16N5O8PS2. The highest BCUT2D eigenvalue weighted by atomic mass is 32.2. The molecule has 3 rings (SSSR count). The fourth-order valence-electron chi connectivity index (χ4n) is 2.48. The molecule has 2 heterocycles. The minimum atomic E-state index is -4.89. The first-order chi connectivity index (χ1) is 15.5. The maximum Gasteiger partial charge on any atom is 0.469 e. The zero-order valence-corrected chi connectivity index (χ0v) is 19.2. The summed E-state index contributed by atoms with van der Waals surface area (Å²) in [6.07, 6.45) is 1.73. The highest BCUT2D eigenvalue weighted by molar-refractivity contribution is 7.93. The molecule has 0 unspecified atom stereocenters. The molecule has 0 amide bonds. The summed E-state index contributed by atoms with van der Waals surface area (Å²) in [5.74, 6) is -0.710. The Morgan fingerprint density at radius 3 is 2.52 bits per heavy atom. The number of hydrogen-bond donors (Lipinski definition) is 4. The van der Waals surface area contributed by atoms with Gasteiger partial charge in [-0.3, -0.25) is 14.0 Å². The van der Waals surface area contributed by atoms with Crippen molar-refractivity contribution in [3.8, 4) is 5.75 Å². The van der Waals surface area contributed by atoms with Gasteiger partial charge in [-0.1, -0.05) is 0 Å². The highest BCUT2D eigenvalue weighted by Crippen LogP contribution is 2.40. The minimum Gasteiger partial charge on any atom is -0.505 e. The Balaban J connectivity index is 1.89. The van der Waals surface area contributed by atoms with Gasteiger partial charge in [0.2, 0.25) is 0 Å². The lowest BCUT2D eigenvalue weighted by molar-refractivity contribution is 0.111. The van der Waals surface area contributed by atoms with Crippen molar-refractivity contribution in [1.29, 1.82) is 0 Å². The number of nitrogens with zero attached hydrogens (tertiary/aromatic N) is 4. The van der Waals surface area contributed by atoms with Crippen LogP contribution in [0.15, 0.2) is 51.0 Å². The molecule has 33 heavy (non-hydrogen) atoms. The van der Waals surface area contributed by atoms with Gasteiger partial charge in [-0.2, -0.15) is 0 Å². The highest BCUT2D eigenvalue weighted by Gasteiger charge is 2.22. The number of carbonyl (C=O) groups excluding carboxylic acids is 1. The molecule has 174 valence electrons. The number of aromatic hydroxyl groups is 1. The van der Waals surface area contributed by atoms with Crippen LogP contribution in [0.2, 0.25) is 0 Å². The van der Waals surface area contributed by atoms with E-state index in [0.29, 0.717) is 0 Å². The number of phosphoric acid groups is 1. The van der Waals surface area contributed by atoms with Gasteiger partial charge in [0.1, 0.15) is 5.75 Å². The number of aromatic nitrogens is 2. The molecule has 0 aliphatic rings. The summed E-state index contributed by atoms with van der Waals surface area (Å²) >= 11 is 1.12. The lowest BCUT2D eigenvalue weighted by Crippen LogP contribution is -2.12. The molecular weight excluding hydrogens is 497 g/mol. The van der Waals surface area contributed by atoms with Gasteiger partial charge in [-0.15, -0.1) is 21.6 Å². The molecule has 0 bridgehead atoms. The SMILES string of the molecule is Cc1nc(N=Nc2ccc(S(=O)(=O)Nc3nccs3)cc2)c(COP(=O)(O)O)c(C=O)c1O. The van der Waals surface area contributed by atoms with Crippen LogP contribution in [0.25, 0.3) is 0 Å². The van der Waals surface area contributed by atoms with Gasteiger partial charge in [0.25, 0.3) is 10.0 Å². The zero-order valence-electron chi connectivity index (χ0n) is 16.7. The Hall–Kier alpha value is -3.07. The van der Waals surface area contributed by atoms with Gasteiger partial charge in [-0.25, -0.2) is 23.0 Å². The van der Waals surface area contributed by atoms with Crippen LogP contribution in [0.1, 0.15) is 21.6 Å². The van der Waals surface area contributed by atoms with Crippen molar-refractivity contribution < 1.29 is 37.2 Å². The molecule has 0 saturated carbocycles. The fraction of sp³-hybridized carbons (Fsp3) is 0.118. The van der Waals surface area contributed by atoms with Crippen LogP contribution in [-0.2, 0) is 25.7 Å². The molecule has 13 nitrogen and oxygen atoms in total. The van der Waals surface area contributed by atoms with Crippen molar-refractivity contribution in [1.82, 2.24) is 9.97 Å². The van der Waals surface area contributed by atoms with E-state index < -0.39 is 30.2 Å². The molecule has 1 aromatic carbocycles. The molecule has 0 atom stereocenters. The standard InChI is InChI=1S/C17H16N5O8PS2/c1-10-15(24)13(8-23)14(9-30-31(25,26)27)16(19-10)21-20-11-2-4-12(5-3-11)33(28,29)22-17-18-6-7-32-17/h2-8,24H,9H2,1H3,(H,18,22)(H2,25,26,27). The quantitative estimate of drug-likeness (QED) is 0.187. The monoisotopic (exact) mass is 513 g/mol. The topological polar surface area (TPSA) is 201 Å². The van der Waals surface area contributed by atoms with E-state index in [1.807, 2.05) is 0 Å². The summed E-state index contributed by atoms with van der Waals surface area (Å²) < 4.78 is 42.6. The second-order valence-electron chi connectivity index (χ2n) is 6.28. The van der Waals surface area contributed by atoms with Gasteiger partial charge < -0.3 is 14.9 Å². The van der Waals surface area contributed by atoms with Gasteiger partial charge in [0, 0.05) is 17.1 Å². The lowest BCUT2D eigenvalue weighted by atomic mass is 10.1. The van der Waals surface area contributed by atoms with Crippen LogP contribution >= 0.6 is 19.2 Å². The van der Waals surface area contributed by atoms with Crippen LogP contribution < -0.4 is 4.72 Å². The summed E-state index contributed by atoms with van der Waals surface area (Å²) in [4.78, 5) is 37.1. The smallest absolute Gasteiger partial charge is 0.469 e. The maximum absolute atomic E-state index is 12.4. The molecule has 0 fully saturated rings. The number of sulfonamides is 1. The largest absolute Gasteiger partial charge is 0.505 e. The number of aldehydes is 1. The summed E-state index contributed by atoms with van der Waals surface area (Å²) in [5, 5.41) is 19.7. The first-order valence-electron chi connectivity index (χ1n) is 8.82. The number of thiazole rings is 1. The molecule has 0 aliphatic carbocycles. The number of nitrogens with one attached hydrogen (secondary N) is 1. The van der Waals surface area contributed by atoms with Crippen molar-refractivity contribution in [2.75, 3.05) is 4.72 Å².